The second-order valence-corrected chi connectivity index (χ2v) is 17.9. The van der Waals surface area contributed by atoms with Crippen molar-refractivity contribution >= 4 is 14.1 Å². The zero-order valence-corrected chi connectivity index (χ0v) is 26.1. The van der Waals surface area contributed by atoms with E-state index in [1.165, 1.54) is 0 Å². The summed E-state index contributed by atoms with van der Waals surface area (Å²) >= 11 is 0. The van der Waals surface area contributed by atoms with Gasteiger partial charge in [-0.1, -0.05) is 94.8 Å². The first kappa shape index (κ1) is 31.1. The van der Waals surface area contributed by atoms with Crippen LogP contribution in [0.15, 0.2) is 60.7 Å². The van der Waals surface area contributed by atoms with Gasteiger partial charge in [-0.15, -0.1) is 0 Å². The number of rotatable bonds is 10. The van der Waals surface area contributed by atoms with Crippen LogP contribution in [-0.4, -0.2) is 53.8 Å². The summed E-state index contributed by atoms with van der Waals surface area (Å²) in [7, 11) is -2.39. The van der Waals surface area contributed by atoms with Gasteiger partial charge in [0.2, 0.25) is 0 Å². The van der Waals surface area contributed by atoms with Crippen LogP contribution in [0.5, 0.6) is 0 Å². The maximum absolute atomic E-state index is 13.7. The third-order valence-corrected chi connectivity index (χ3v) is 13.9. The molecule has 2 aromatic rings. The Balaban J connectivity index is 1.83. The highest BCUT2D eigenvalue weighted by molar-refractivity contribution is 6.74. The van der Waals surface area contributed by atoms with Crippen LogP contribution in [0.25, 0.3) is 0 Å². The molecule has 2 fully saturated rings. The lowest BCUT2D eigenvalue weighted by atomic mass is 9.55. The number of hydrogen-bond donors (Lipinski definition) is 2. The zero-order valence-electron chi connectivity index (χ0n) is 25.1. The summed E-state index contributed by atoms with van der Waals surface area (Å²) in [5.74, 6) is -0.921. The van der Waals surface area contributed by atoms with E-state index in [1.54, 1.807) is 0 Å². The summed E-state index contributed by atoms with van der Waals surface area (Å²) in [6.45, 7) is 13.4. The number of carbonyl (C=O) groups is 1. The summed E-state index contributed by atoms with van der Waals surface area (Å²) < 4.78 is 20.4. The molecule has 0 unspecified atom stereocenters. The Kier molecular flexibility index (Phi) is 9.45. The normalized spacial score (nSPS) is 31.1. The second-order valence-electron chi connectivity index (χ2n) is 13.2. The highest BCUT2D eigenvalue weighted by Crippen LogP contribution is 2.54. The standard InChI is InChI=1S/C33H48O6Si/c1-7-21-32(35)30(38-23-25-17-12-9-13-18-25)29(37-22-24-15-10-8-11-16-24)28(39-40(5,6)31(2,3)4)26-19-14-20-27(34)33(26,32)36/h8-13,15-18,26,28-30,35-36H,7,14,19-23H2,1-6H3/t26-,28+,29-,30+,32+,33-/m0/s1. The van der Waals surface area contributed by atoms with Crippen LogP contribution in [0.2, 0.25) is 18.1 Å². The Hall–Kier alpha value is -1.87. The maximum atomic E-state index is 13.7. The Morgan fingerprint density at radius 3 is 1.98 bits per heavy atom. The fourth-order valence-electron chi connectivity index (χ4n) is 6.27. The lowest BCUT2D eigenvalue weighted by molar-refractivity contribution is -0.310. The molecule has 4 rings (SSSR count). The van der Waals surface area contributed by atoms with Gasteiger partial charge in [0, 0.05) is 12.3 Å². The van der Waals surface area contributed by atoms with Gasteiger partial charge in [-0.2, -0.15) is 0 Å². The van der Waals surface area contributed by atoms with Crippen LogP contribution in [0.1, 0.15) is 70.9 Å². The van der Waals surface area contributed by atoms with E-state index >= 15 is 0 Å². The number of fused-ring (bicyclic) bond motifs is 1. The minimum atomic E-state index is -2.39. The Labute approximate surface area is 241 Å². The fourth-order valence-corrected chi connectivity index (χ4v) is 7.60. The molecule has 2 aliphatic rings. The lowest BCUT2D eigenvalue weighted by Gasteiger charge is -2.61. The van der Waals surface area contributed by atoms with Crippen molar-refractivity contribution in [2.45, 2.75) is 121 Å². The molecule has 2 saturated carbocycles. The molecular formula is C33H48O6Si. The van der Waals surface area contributed by atoms with Gasteiger partial charge in [0.05, 0.1) is 19.3 Å². The monoisotopic (exact) mass is 568 g/mol. The van der Waals surface area contributed by atoms with Crippen LogP contribution in [0, 0.1) is 5.92 Å². The van der Waals surface area contributed by atoms with E-state index in [0.29, 0.717) is 25.9 Å². The zero-order chi connectivity index (χ0) is 29.2. The van der Waals surface area contributed by atoms with E-state index in [1.807, 2.05) is 67.6 Å². The molecule has 0 heterocycles. The lowest BCUT2D eigenvalue weighted by Crippen LogP contribution is -2.80. The van der Waals surface area contributed by atoms with Gasteiger partial charge in [0.1, 0.15) is 17.8 Å². The summed E-state index contributed by atoms with van der Waals surface area (Å²) in [4.78, 5) is 13.7. The first-order valence-corrected chi connectivity index (χ1v) is 17.7. The Morgan fingerprint density at radius 1 is 0.900 bits per heavy atom. The summed E-state index contributed by atoms with van der Waals surface area (Å²) in [6.07, 6.45) is -0.0488. The smallest absolute Gasteiger partial charge is 0.192 e. The van der Waals surface area contributed by atoms with Crippen molar-refractivity contribution in [2.24, 2.45) is 5.92 Å². The molecule has 0 spiro atoms. The minimum absolute atomic E-state index is 0.106. The van der Waals surface area contributed by atoms with Gasteiger partial charge >= 0.3 is 0 Å². The predicted molar refractivity (Wildman–Crippen MR) is 159 cm³/mol. The topological polar surface area (TPSA) is 85.2 Å². The van der Waals surface area contributed by atoms with Crippen LogP contribution in [0.3, 0.4) is 0 Å². The molecule has 0 amide bonds. The van der Waals surface area contributed by atoms with Crippen molar-refractivity contribution in [3.63, 3.8) is 0 Å². The molecule has 40 heavy (non-hydrogen) atoms. The van der Waals surface area contributed by atoms with E-state index in [2.05, 4.69) is 33.9 Å². The Bertz CT molecular complexity index is 1120. The highest BCUT2D eigenvalue weighted by atomic mass is 28.4. The molecular weight excluding hydrogens is 520 g/mol. The summed E-state index contributed by atoms with van der Waals surface area (Å²) in [5, 5.41) is 24.9. The van der Waals surface area contributed by atoms with Crippen LogP contribution in [0.4, 0.5) is 0 Å². The van der Waals surface area contributed by atoms with Gasteiger partial charge in [0.25, 0.3) is 0 Å². The molecule has 220 valence electrons. The fraction of sp³-hybridized carbons (Fsp3) is 0.606. The van der Waals surface area contributed by atoms with Crippen LogP contribution < -0.4 is 0 Å². The molecule has 0 aromatic heterocycles. The van der Waals surface area contributed by atoms with Crippen molar-refractivity contribution in [1.82, 2.24) is 0 Å². The quantitative estimate of drug-likeness (QED) is 0.332. The molecule has 0 aliphatic heterocycles. The number of ether oxygens (including phenoxy) is 2. The third kappa shape index (κ3) is 5.87. The number of hydrogen-bond acceptors (Lipinski definition) is 6. The van der Waals surface area contributed by atoms with Gasteiger partial charge in [-0.05, 0) is 48.5 Å². The molecule has 0 radical (unpaired) electrons. The third-order valence-electron chi connectivity index (χ3n) is 9.46. The predicted octanol–water partition coefficient (Wildman–Crippen LogP) is 6.19. The summed E-state index contributed by atoms with van der Waals surface area (Å²) in [6, 6.07) is 19.7. The van der Waals surface area contributed by atoms with E-state index in [0.717, 1.165) is 11.1 Å². The van der Waals surface area contributed by atoms with Gasteiger partial charge in [0.15, 0.2) is 19.7 Å². The van der Waals surface area contributed by atoms with Crippen molar-refractivity contribution < 1.29 is 28.9 Å². The van der Waals surface area contributed by atoms with Crippen molar-refractivity contribution in [2.75, 3.05) is 0 Å². The van der Waals surface area contributed by atoms with E-state index < -0.39 is 43.7 Å². The van der Waals surface area contributed by atoms with Crippen molar-refractivity contribution in [3.8, 4) is 0 Å². The number of benzene rings is 2. The molecule has 0 bridgehead atoms. The molecule has 2 aromatic carbocycles. The number of carbonyl (C=O) groups excluding carboxylic acids is 1. The molecule has 6 nitrogen and oxygen atoms in total. The van der Waals surface area contributed by atoms with Crippen molar-refractivity contribution in [3.05, 3.63) is 71.8 Å². The van der Waals surface area contributed by atoms with E-state index in [-0.39, 0.29) is 30.3 Å². The molecule has 2 aliphatic carbocycles. The first-order valence-electron chi connectivity index (χ1n) is 14.8. The summed E-state index contributed by atoms with van der Waals surface area (Å²) in [5.41, 5.74) is -1.88. The minimum Gasteiger partial charge on any atom is -0.411 e. The highest BCUT2D eigenvalue weighted by Gasteiger charge is 2.71. The molecule has 7 heteroatoms. The second kappa shape index (κ2) is 12.2. The average molecular weight is 569 g/mol. The van der Waals surface area contributed by atoms with Gasteiger partial charge in [-0.3, -0.25) is 4.79 Å². The largest absolute Gasteiger partial charge is 0.411 e. The molecule has 0 saturated heterocycles. The molecule has 2 N–H and O–H groups in total. The first-order chi connectivity index (χ1) is 18.8. The van der Waals surface area contributed by atoms with Gasteiger partial charge < -0.3 is 24.1 Å². The van der Waals surface area contributed by atoms with Crippen LogP contribution in [-0.2, 0) is 31.9 Å². The van der Waals surface area contributed by atoms with Crippen molar-refractivity contribution in [1.29, 1.82) is 0 Å². The Morgan fingerprint density at radius 2 is 1.45 bits per heavy atom. The molecule has 6 atom stereocenters. The van der Waals surface area contributed by atoms with E-state index in [4.69, 9.17) is 13.9 Å². The van der Waals surface area contributed by atoms with Gasteiger partial charge in [-0.25, -0.2) is 0 Å². The number of aliphatic hydroxyl groups is 2. The number of ketones is 1. The van der Waals surface area contributed by atoms with Crippen LogP contribution >= 0.6 is 0 Å². The van der Waals surface area contributed by atoms with E-state index in [9.17, 15) is 15.0 Å². The number of Topliss-reactive ketones (excluding diaryl/α,β-unsaturated/α-hetero) is 1. The average Bonchev–Trinajstić information content (AvgIpc) is 2.91. The maximum Gasteiger partial charge on any atom is 0.192 e. The SMILES string of the molecule is CCC[C@@]1(O)[C@H](OCc2ccccc2)[C@@H](OCc2ccccc2)[C@H](O[Si](C)(C)C(C)(C)C)[C@@H]2CCCC(=O)[C@@]21O.